The van der Waals surface area contributed by atoms with Gasteiger partial charge in [0.1, 0.15) is 6.10 Å². The van der Waals surface area contributed by atoms with Crippen LogP contribution in [0.3, 0.4) is 0 Å². The second kappa shape index (κ2) is 7.21. The summed E-state index contributed by atoms with van der Waals surface area (Å²) < 4.78 is 29.9. The first kappa shape index (κ1) is 16.9. The lowest BCUT2D eigenvalue weighted by Gasteiger charge is -2.34. The van der Waals surface area contributed by atoms with Crippen molar-refractivity contribution in [3.05, 3.63) is 35.9 Å². The molecule has 1 saturated heterocycles. The van der Waals surface area contributed by atoms with Crippen molar-refractivity contribution in [3.8, 4) is 0 Å². The summed E-state index contributed by atoms with van der Waals surface area (Å²) in [5.41, 5.74) is 1.02. The number of carbonyl (C=O) groups is 1. The molecule has 2 rings (SSSR count). The molecule has 6 nitrogen and oxygen atoms in total. The van der Waals surface area contributed by atoms with Crippen LogP contribution in [0.15, 0.2) is 30.3 Å². The van der Waals surface area contributed by atoms with E-state index >= 15 is 0 Å². The summed E-state index contributed by atoms with van der Waals surface area (Å²) in [6, 6.07) is 9.68. The summed E-state index contributed by atoms with van der Waals surface area (Å²) in [6.45, 7) is 3.62. The number of hydrogen-bond acceptors (Lipinski definition) is 4. The Kier molecular flexibility index (Phi) is 5.55. The van der Waals surface area contributed by atoms with Crippen LogP contribution in [0.2, 0.25) is 0 Å². The molecular formula is C15H22N2O4S. The maximum Gasteiger partial charge on any atom is 0.251 e. The van der Waals surface area contributed by atoms with E-state index in [1.165, 1.54) is 10.6 Å². The Bertz CT molecular complexity index is 595. The normalized spacial score (nSPS) is 18.2. The topological polar surface area (TPSA) is 66.9 Å². The summed E-state index contributed by atoms with van der Waals surface area (Å²) in [4.78, 5) is 14.0. The van der Waals surface area contributed by atoms with Gasteiger partial charge in [-0.25, -0.2) is 8.42 Å². The zero-order valence-corrected chi connectivity index (χ0v) is 13.8. The number of hydrogen-bond donors (Lipinski definition) is 0. The number of benzene rings is 1. The molecule has 1 amide bonds. The van der Waals surface area contributed by atoms with E-state index in [0.717, 1.165) is 5.56 Å². The van der Waals surface area contributed by atoms with Gasteiger partial charge in [0.25, 0.3) is 5.91 Å². The van der Waals surface area contributed by atoms with Crippen molar-refractivity contribution in [3.63, 3.8) is 0 Å². The first-order chi connectivity index (χ1) is 10.4. The number of carbonyl (C=O) groups excluding carboxylic acids is 1. The lowest BCUT2D eigenvalue weighted by molar-refractivity contribution is -0.144. The van der Waals surface area contributed by atoms with E-state index in [9.17, 15) is 13.2 Å². The number of piperazine rings is 1. The van der Waals surface area contributed by atoms with E-state index in [2.05, 4.69) is 0 Å². The number of amides is 1. The van der Waals surface area contributed by atoms with Crippen molar-refractivity contribution in [1.29, 1.82) is 0 Å². The monoisotopic (exact) mass is 326 g/mol. The van der Waals surface area contributed by atoms with Gasteiger partial charge in [-0.2, -0.15) is 4.31 Å². The highest BCUT2D eigenvalue weighted by molar-refractivity contribution is 7.88. The van der Waals surface area contributed by atoms with Crippen molar-refractivity contribution in [1.82, 2.24) is 9.21 Å². The molecule has 22 heavy (non-hydrogen) atoms. The summed E-state index contributed by atoms with van der Waals surface area (Å²) in [6.07, 6.45) is 0.654. The van der Waals surface area contributed by atoms with Crippen molar-refractivity contribution < 1.29 is 17.9 Å². The summed E-state index contributed by atoms with van der Waals surface area (Å²) >= 11 is 0. The van der Waals surface area contributed by atoms with Gasteiger partial charge in [0.2, 0.25) is 10.0 Å². The van der Waals surface area contributed by atoms with E-state index in [4.69, 9.17) is 4.74 Å². The predicted molar refractivity (Wildman–Crippen MR) is 83.7 cm³/mol. The fourth-order valence-electron chi connectivity index (χ4n) is 2.36. The Morgan fingerprint density at radius 1 is 1.18 bits per heavy atom. The van der Waals surface area contributed by atoms with Crippen LogP contribution in [0.25, 0.3) is 0 Å². The van der Waals surface area contributed by atoms with Crippen molar-refractivity contribution in [2.24, 2.45) is 0 Å². The molecule has 122 valence electrons. The summed E-state index contributed by atoms with van der Waals surface area (Å²) in [7, 11) is -3.18. The molecule has 0 radical (unpaired) electrons. The molecule has 1 fully saturated rings. The van der Waals surface area contributed by atoms with Gasteiger partial charge in [-0.15, -0.1) is 0 Å². The van der Waals surface area contributed by atoms with E-state index in [-0.39, 0.29) is 5.91 Å². The maximum atomic E-state index is 12.3. The molecule has 0 bridgehead atoms. The molecule has 1 aliphatic rings. The molecule has 0 unspecified atom stereocenters. The number of sulfonamides is 1. The SMILES string of the molecule is C[C@H](OCc1ccccc1)C(=O)N1CCN(S(C)(=O)=O)CC1. The third kappa shape index (κ3) is 4.53. The lowest BCUT2D eigenvalue weighted by atomic mass is 10.2. The number of rotatable bonds is 5. The molecular weight excluding hydrogens is 304 g/mol. The van der Waals surface area contributed by atoms with Gasteiger partial charge < -0.3 is 9.64 Å². The van der Waals surface area contributed by atoms with Gasteiger partial charge in [0.05, 0.1) is 12.9 Å². The highest BCUT2D eigenvalue weighted by atomic mass is 32.2. The quantitative estimate of drug-likeness (QED) is 0.799. The Labute approximate surface area is 131 Å². The van der Waals surface area contributed by atoms with Gasteiger partial charge in [-0.3, -0.25) is 4.79 Å². The van der Waals surface area contributed by atoms with Crippen LogP contribution in [0.4, 0.5) is 0 Å². The number of nitrogens with zero attached hydrogens (tertiary/aromatic N) is 2. The van der Waals surface area contributed by atoms with Gasteiger partial charge in [0.15, 0.2) is 0 Å². The first-order valence-electron chi connectivity index (χ1n) is 7.27. The average molecular weight is 326 g/mol. The Balaban J connectivity index is 1.82. The molecule has 1 heterocycles. The van der Waals surface area contributed by atoms with Crippen LogP contribution in [-0.2, 0) is 26.2 Å². The molecule has 0 N–H and O–H groups in total. The molecule has 1 aromatic rings. The first-order valence-corrected chi connectivity index (χ1v) is 9.12. The number of ether oxygens (including phenoxy) is 1. The smallest absolute Gasteiger partial charge is 0.251 e. The molecule has 7 heteroatoms. The van der Waals surface area contributed by atoms with Crippen LogP contribution in [-0.4, -0.2) is 62.1 Å². The largest absolute Gasteiger partial charge is 0.364 e. The van der Waals surface area contributed by atoms with Gasteiger partial charge in [-0.1, -0.05) is 30.3 Å². The molecule has 1 atom stereocenters. The van der Waals surface area contributed by atoms with Crippen LogP contribution in [0.5, 0.6) is 0 Å². The molecule has 0 aliphatic carbocycles. The van der Waals surface area contributed by atoms with Gasteiger partial charge >= 0.3 is 0 Å². The van der Waals surface area contributed by atoms with E-state index < -0.39 is 16.1 Å². The fraction of sp³-hybridized carbons (Fsp3) is 0.533. The standard InChI is InChI=1S/C15H22N2O4S/c1-13(21-12-14-6-4-3-5-7-14)15(18)16-8-10-17(11-9-16)22(2,19)20/h3-7,13H,8-12H2,1-2H3/t13-/m0/s1. The zero-order chi connectivity index (χ0) is 16.2. The van der Waals surface area contributed by atoms with E-state index in [1.54, 1.807) is 11.8 Å². The minimum absolute atomic E-state index is 0.0934. The molecule has 0 saturated carbocycles. The summed E-state index contributed by atoms with van der Waals surface area (Å²) in [5.74, 6) is -0.0934. The third-order valence-electron chi connectivity index (χ3n) is 3.71. The molecule has 0 aromatic heterocycles. The van der Waals surface area contributed by atoms with Crippen LogP contribution >= 0.6 is 0 Å². The Morgan fingerprint density at radius 2 is 1.77 bits per heavy atom. The Morgan fingerprint density at radius 3 is 2.32 bits per heavy atom. The highest BCUT2D eigenvalue weighted by Crippen LogP contribution is 2.10. The van der Waals surface area contributed by atoms with Crippen LogP contribution in [0, 0.1) is 0 Å². The van der Waals surface area contributed by atoms with Gasteiger partial charge in [-0.05, 0) is 12.5 Å². The lowest BCUT2D eigenvalue weighted by Crippen LogP contribution is -2.52. The summed E-state index contributed by atoms with van der Waals surface area (Å²) in [5, 5.41) is 0. The van der Waals surface area contributed by atoms with E-state index in [1.807, 2.05) is 30.3 Å². The van der Waals surface area contributed by atoms with Gasteiger partial charge in [0, 0.05) is 26.2 Å². The van der Waals surface area contributed by atoms with Crippen molar-refractivity contribution in [2.75, 3.05) is 32.4 Å². The molecule has 1 aliphatic heterocycles. The van der Waals surface area contributed by atoms with E-state index in [0.29, 0.717) is 32.8 Å². The third-order valence-corrected chi connectivity index (χ3v) is 5.01. The predicted octanol–water partition coefficient (Wildman–Crippen LogP) is 0.696. The fourth-order valence-corrected chi connectivity index (χ4v) is 3.19. The minimum Gasteiger partial charge on any atom is -0.364 e. The Hall–Kier alpha value is -1.44. The second-order valence-corrected chi connectivity index (χ2v) is 7.41. The zero-order valence-electron chi connectivity index (χ0n) is 12.9. The molecule has 1 aromatic carbocycles. The highest BCUT2D eigenvalue weighted by Gasteiger charge is 2.28. The maximum absolute atomic E-state index is 12.3. The van der Waals surface area contributed by atoms with Crippen LogP contribution in [0.1, 0.15) is 12.5 Å². The minimum atomic E-state index is -3.18. The van der Waals surface area contributed by atoms with Crippen LogP contribution < -0.4 is 0 Å². The second-order valence-electron chi connectivity index (χ2n) is 5.43. The van der Waals surface area contributed by atoms with Crippen molar-refractivity contribution in [2.45, 2.75) is 19.6 Å². The van der Waals surface area contributed by atoms with Crippen molar-refractivity contribution >= 4 is 15.9 Å². The average Bonchev–Trinajstić information content (AvgIpc) is 2.52. The molecule has 0 spiro atoms.